The minimum absolute atomic E-state index is 0.0532. The number of nitrogens with zero attached hydrogens (tertiary/aromatic N) is 1. The van der Waals surface area contributed by atoms with Crippen molar-refractivity contribution < 1.29 is 29.0 Å². The Hall–Kier alpha value is -3.43. The van der Waals surface area contributed by atoms with E-state index >= 15 is 0 Å². The number of likely N-dealkylation sites (tertiary alicyclic amines) is 1. The SMILES string of the molecule is CCOc1ccc(NC(=O)[C@H]2[C@H]3C(=O)N([C@@H](CO)Cc4ccccc4)C(C(=O)NC(C)(C)CC(C)(C)C)C34CC[C@]2(CC)O4)cc1. The molecule has 3 heterocycles. The number of hydrogen-bond acceptors (Lipinski definition) is 6. The predicted octanol–water partition coefficient (Wildman–Crippen LogP) is 5.11. The number of ether oxygens (including phenoxy) is 2. The predicted molar refractivity (Wildman–Crippen MR) is 177 cm³/mol. The van der Waals surface area contributed by atoms with Crippen LogP contribution >= 0.6 is 0 Å². The molecule has 3 aliphatic heterocycles. The first-order valence-corrected chi connectivity index (χ1v) is 16.7. The van der Waals surface area contributed by atoms with Crippen LogP contribution < -0.4 is 15.4 Å². The highest BCUT2D eigenvalue weighted by atomic mass is 16.5. The van der Waals surface area contributed by atoms with Crippen molar-refractivity contribution in [1.29, 1.82) is 0 Å². The summed E-state index contributed by atoms with van der Waals surface area (Å²) >= 11 is 0. The molecule has 3 amide bonds. The number of aliphatic hydroxyl groups is 1. The molecule has 46 heavy (non-hydrogen) atoms. The van der Waals surface area contributed by atoms with E-state index in [0.717, 1.165) is 5.56 Å². The number of nitrogens with one attached hydrogen (secondary N) is 2. The lowest BCUT2D eigenvalue weighted by Crippen LogP contribution is -2.61. The van der Waals surface area contributed by atoms with Crippen molar-refractivity contribution >= 4 is 23.4 Å². The maximum atomic E-state index is 14.8. The zero-order valence-electron chi connectivity index (χ0n) is 28.4. The highest BCUT2D eigenvalue weighted by molar-refractivity contribution is 6.02. The molecule has 3 N–H and O–H groups in total. The standard InChI is InChI=1S/C37H51N3O6/c1-8-36-19-20-37(46-36)29(28(36)31(42)38-25-15-17-27(18-16-25)45-9-2)33(44)40(26(22-41)21-24-13-11-10-12-14-24)30(37)32(43)39-35(6,7)23-34(3,4)5/h10-18,26,28-30,41H,8-9,19-23H2,1-7H3,(H,38,42)(H,39,43)/t26-,28-,29+,30?,36+,37?/m1/s1. The number of amides is 3. The lowest BCUT2D eigenvalue weighted by atomic mass is 9.65. The van der Waals surface area contributed by atoms with Crippen LogP contribution in [0.3, 0.4) is 0 Å². The molecule has 2 aromatic rings. The van der Waals surface area contributed by atoms with Gasteiger partial charge in [-0.25, -0.2) is 0 Å². The van der Waals surface area contributed by atoms with Crippen LogP contribution in [0.15, 0.2) is 54.6 Å². The number of aliphatic hydroxyl groups excluding tert-OH is 1. The first-order valence-electron chi connectivity index (χ1n) is 16.7. The van der Waals surface area contributed by atoms with Crippen LogP contribution in [0.1, 0.15) is 79.7 Å². The van der Waals surface area contributed by atoms with Crippen LogP contribution in [0.4, 0.5) is 5.69 Å². The molecule has 2 bridgehead atoms. The van der Waals surface area contributed by atoms with Crippen LogP contribution in [0, 0.1) is 17.3 Å². The number of carbonyl (C=O) groups is 3. The molecule has 3 aliphatic rings. The Kier molecular flexibility index (Phi) is 9.32. The van der Waals surface area contributed by atoms with Gasteiger partial charge < -0.3 is 30.1 Å². The van der Waals surface area contributed by atoms with Gasteiger partial charge in [0.2, 0.25) is 17.7 Å². The molecule has 250 valence electrons. The van der Waals surface area contributed by atoms with Gasteiger partial charge in [0.05, 0.1) is 36.7 Å². The first-order chi connectivity index (χ1) is 21.7. The van der Waals surface area contributed by atoms with E-state index in [4.69, 9.17) is 9.47 Å². The van der Waals surface area contributed by atoms with Crippen molar-refractivity contribution in [3.8, 4) is 5.75 Å². The molecule has 2 aromatic carbocycles. The first kappa shape index (κ1) is 33.9. The second kappa shape index (κ2) is 12.6. The van der Waals surface area contributed by atoms with E-state index in [1.54, 1.807) is 29.2 Å². The smallest absolute Gasteiger partial charge is 0.246 e. The van der Waals surface area contributed by atoms with Gasteiger partial charge in [-0.3, -0.25) is 14.4 Å². The maximum absolute atomic E-state index is 14.8. The van der Waals surface area contributed by atoms with Gasteiger partial charge in [-0.05, 0) is 88.1 Å². The lowest BCUT2D eigenvalue weighted by molar-refractivity contribution is -0.151. The third-order valence-corrected chi connectivity index (χ3v) is 9.93. The molecule has 5 rings (SSSR count). The summed E-state index contributed by atoms with van der Waals surface area (Å²) in [6, 6.07) is 15.1. The number of benzene rings is 2. The quantitative estimate of drug-likeness (QED) is 0.299. The van der Waals surface area contributed by atoms with Crippen LogP contribution in [-0.2, 0) is 25.5 Å². The molecule has 3 fully saturated rings. The fraction of sp³-hybridized carbons (Fsp3) is 0.595. The van der Waals surface area contributed by atoms with Crippen LogP contribution in [0.25, 0.3) is 0 Å². The van der Waals surface area contributed by atoms with Crippen LogP contribution in [-0.4, -0.2) is 69.8 Å². The van der Waals surface area contributed by atoms with Crippen molar-refractivity contribution in [2.45, 2.75) is 109 Å². The van der Waals surface area contributed by atoms with E-state index < -0.39 is 40.7 Å². The number of fused-ring (bicyclic) bond motifs is 1. The summed E-state index contributed by atoms with van der Waals surface area (Å²) in [5.74, 6) is -1.89. The Balaban J connectivity index is 1.54. The summed E-state index contributed by atoms with van der Waals surface area (Å²) < 4.78 is 12.5. The summed E-state index contributed by atoms with van der Waals surface area (Å²) in [4.78, 5) is 45.1. The molecule has 6 atom stereocenters. The van der Waals surface area contributed by atoms with E-state index in [1.807, 2.05) is 58.0 Å². The average molecular weight is 634 g/mol. The van der Waals surface area contributed by atoms with E-state index in [1.165, 1.54) is 0 Å². The topological polar surface area (TPSA) is 117 Å². The maximum Gasteiger partial charge on any atom is 0.246 e. The molecular weight excluding hydrogens is 582 g/mol. The van der Waals surface area contributed by atoms with Gasteiger partial charge >= 0.3 is 0 Å². The summed E-state index contributed by atoms with van der Waals surface area (Å²) in [7, 11) is 0. The van der Waals surface area contributed by atoms with Gasteiger partial charge in [-0.2, -0.15) is 0 Å². The highest BCUT2D eigenvalue weighted by Gasteiger charge is 2.79. The monoisotopic (exact) mass is 633 g/mol. The summed E-state index contributed by atoms with van der Waals surface area (Å²) in [5, 5.41) is 17.1. The average Bonchev–Trinajstić information content (AvgIpc) is 3.59. The molecule has 1 spiro atoms. The molecule has 0 saturated carbocycles. The minimum atomic E-state index is -1.19. The lowest BCUT2D eigenvalue weighted by Gasteiger charge is -2.40. The molecule has 0 aromatic heterocycles. The van der Waals surface area contributed by atoms with Gasteiger partial charge in [0.15, 0.2) is 0 Å². The molecule has 0 aliphatic carbocycles. The Bertz CT molecular complexity index is 1420. The number of hydrogen-bond donors (Lipinski definition) is 3. The largest absolute Gasteiger partial charge is 0.494 e. The third kappa shape index (κ3) is 6.28. The second-order valence-corrected chi connectivity index (χ2v) is 15.2. The zero-order valence-corrected chi connectivity index (χ0v) is 28.4. The van der Waals surface area contributed by atoms with Crippen LogP contribution in [0.2, 0.25) is 0 Å². The zero-order chi connectivity index (χ0) is 33.5. The second-order valence-electron chi connectivity index (χ2n) is 15.2. The summed E-state index contributed by atoms with van der Waals surface area (Å²) in [5.41, 5.74) is -1.17. The number of rotatable bonds is 12. The Labute approximate surface area is 273 Å². The van der Waals surface area contributed by atoms with E-state index in [9.17, 15) is 19.5 Å². The Morgan fingerprint density at radius 1 is 1.02 bits per heavy atom. The van der Waals surface area contributed by atoms with Gasteiger partial charge in [0.25, 0.3) is 0 Å². The molecule has 9 heteroatoms. The normalized spacial score (nSPS) is 27.8. The third-order valence-electron chi connectivity index (χ3n) is 9.93. The summed E-state index contributed by atoms with van der Waals surface area (Å²) in [6.45, 7) is 14.5. The van der Waals surface area contributed by atoms with Crippen molar-refractivity contribution in [2.24, 2.45) is 17.3 Å². The fourth-order valence-corrected chi connectivity index (χ4v) is 8.68. The minimum Gasteiger partial charge on any atom is -0.494 e. The van der Waals surface area contributed by atoms with Gasteiger partial charge in [-0.1, -0.05) is 58.0 Å². The molecular formula is C37H51N3O6. The Morgan fingerprint density at radius 3 is 2.28 bits per heavy atom. The van der Waals surface area contributed by atoms with Crippen molar-refractivity contribution in [3.63, 3.8) is 0 Å². The Morgan fingerprint density at radius 2 is 1.70 bits per heavy atom. The summed E-state index contributed by atoms with van der Waals surface area (Å²) in [6.07, 6.45) is 2.63. The molecule has 0 radical (unpaired) electrons. The van der Waals surface area contributed by atoms with Crippen molar-refractivity contribution in [3.05, 3.63) is 60.2 Å². The fourth-order valence-electron chi connectivity index (χ4n) is 8.68. The van der Waals surface area contributed by atoms with Crippen molar-refractivity contribution in [2.75, 3.05) is 18.5 Å². The molecule has 9 nitrogen and oxygen atoms in total. The van der Waals surface area contributed by atoms with E-state index in [0.29, 0.717) is 50.1 Å². The number of carbonyl (C=O) groups excluding carboxylic acids is 3. The van der Waals surface area contributed by atoms with Gasteiger partial charge in [0.1, 0.15) is 17.4 Å². The highest BCUT2D eigenvalue weighted by Crippen LogP contribution is 2.64. The van der Waals surface area contributed by atoms with Gasteiger partial charge in [-0.15, -0.1) is 0 Å². The molecule has 2 unspecified atom stereocenters. The number of anilines is 1. The van der Waals surface area contributed by atoms with Crippen LogP contribution in [0.5, 0.6) is 5.75 Å². The van der Waals surface area contributed by atoms with E-state index in [2.05, 4.69) is 31.4 Å². The molecule has 3 saturated heterocycles. The van der Waals surface area contributed by atoms with Crippen molar-refractivity contribution in [1.82, 2.24) is 10.2 Å². The van der Waals surface area contributed by atoms with E-state index in [-0.39, 0.29) is 29.7 Å². The van der Waals surface area contributed by atoms with Gasteiger partial charge in [0, 0.05) is 11.2 Å².